The predicted octanol–water partition coefficient (Wildman–Crippen LogP) is 0.0447. The van der Waals surface area contributed by atoms with E-state index < -0.39 is 7.12 Å². The van der Waals surface area contributed by atoms with E-state index in [0.29, 0.717) is 5.46 Å². The van der Waals surface area contributed by atoms with Crippen molar-refractivity contribution in [3.63, 3.8) is 0 Å². The van der Waals surface area contributed by atoms with Crippen LogP contribution in [0.1, 0.15) is 9.75 Å². The third kappa shape index (κ3) is 1.40. The summed E-state index contributed by atoms with van der Waals surface area (Å²) in [6.45, 7) is 3.83. The highest BCUT2D eigenvalue weighted by atomic mass is 32.1. The van der Waals surface area contributed by atoms with Gasteiger partial charge in [-0.3, -0.25) is 0 Å². The first-order chi connectivity index (χ1) is 4.61. The summed E-state index contributed by atoms with van der Waals surface area (Å²) in [5.41, 5.74) is 0.627. The van der Waals surface area contributed by atoms with E-state index in [1.165, 1.54) is 0 Å². The summed E-state index contributed by atoms with van der Waals surface area (Å²) in [4.78, 5) is 2.09. The third-order valence-electron chi connectivity index (χ3n) is 1.36. The Morgan fingerprint density at radius 2 is 2.00 bits per heavy atom. The molecule has 1 aromatic rings. The Hall–Kier alpha value is -0.315. The number of thiophene rings is 1. The van der Waals surface area contributed by atoms with Crippen molar-refractivity contribution in [2.45, 2.75) is 13.8 Å². The molecule has 0 bridgehead atoms. The van der Waals surface area contributed by atoms with Crippen molar-refractivity contribution in [1.82, 2.24) is 0 Å². The molecule has 0 aliphatic heterocycles. The molecule has 0 saturated heterocycles. The maximum absolute atomic E-state index is 8.78. The van der Waals surface area contributed by atoms with Gasteiger partial charge in [0.2, 0.25) is 0 Å². The minimum atomic E-state index is -1.31. The van der Waals surface area contributed by atoms with Crippen molar-refractivity contribution in [1.29, 1.82) is 0 Å². The molecule has 1 rings (SSSR count). The zero-order valence-corrected chi connectivity index (χ0v) is 6.77. The van der Waals surface area contributed by atoms with Gasteiger partial charge < -0.3 is 10.0 Å². The van der Waals surface area contributed by atoms with E-state index in [-0.39, 0.29) is 0 Å². The molecular weight excluding hydrogens is 147 g/mol. The standard InChI is InChI=1S/C6H9BO2S/c1-4-3-6(7(8)9)5(2)10-4/h3,8-9H,1-2H3. The van der Waals surface area contributed by atoms with Crippen LogP contribution in [0.15, 0.2) is 6.07 Å². The first-order valence-electron chi connectivity index (χ1n) is 3.04. The van der Waals surface area contributed by atoms with Crippen LogP contribution in [0.25, 0.3) is 0 Å². The zero-order valence-electron chi connectivity index (χ0n) is 5.96. The molecule has 0 aromatic carbocycles. The second kappa shape index (κ2) is 2.74. The summed E-state index contributed by atoms with van der Waals surface area (Å²) in [6.07, 6.45) is 0. The van der Waals surface area contributed by atoms with Crippen LogP contribution in [-0.2, 0) is 0 Å². The average molecular weight is 156 g/mol. The quantitative estimate of drug-likeness (QED) is 0.563. The van der Waals surface area contributed by atoms with Crippen molar-refractivity contribution in [2.24, 2.45) is 0 Å². The Kier molecular flexibility index (Phi) is 2.13. The molecule has 0 saturated carbocycles. The topological polar surface area (TPSA) is 40.5 Å². The normalized spacial score (nSPS) is 10.0. The molecule has 2 nitrogen and oxygen atoms in total. The molecule has 0 radical (unpaired) electrons. The molecule has 0 spiro atoms. The molecule has 0 aliphatic rings. The number of hydrogen-bond acceptors (Lipinski definition) is 3. The number of aryl methyl sites for hydroxylation is 2. The number of hydrogen-bond donors (Lipinski definition) is 2. The van der Waals surface area contributed by atoms with Crippen LogP contribution in [-0.4, -0.2) is 17.2 Å². The lowest BCUT2D eigenvalue weighted by atomic mass is 9.80. The highest BCUT2D eigenvalue weighted by molar-refractivity contribution is 7.13. The van der Waals surface area contributed by atoms with Crippen LogP contribution >= 0.6 is 11.3 Å². The lowest BCUT2D eigenvalue weighted by Gasteiger charge is -1.93. The highest BCUT2D eigenvalue weighted by Crippen LogP contribution is 2.11. The second-order valence-corrected chi connectivity index (χ2v) is 3.70. The minimum Gasteiger partial charge on any atom is -0.423 e. The molecule has 0 aliphatic carbocycles. The van der Waals surface area contributed by atoms with Gasteiger partial charge in [-0.25, -0.2) is 0 Å². The van der Waals surface area contributed by atoms with Crippen molar-refractivity contribution in [3.05, 3.63) is 15.8 Å². The van der Waals surface area contributed by atoms with Gasteiger partial charge in [-0.2, -0.15) is 0 Å². The van der Waals surface area contributed by atoms with Gasteiger partial charge in [-0.1, -0.05) is 0 Å². The summed E-state index contributed by atoms with van der Waals surface area (Å²) in [5.74, 6) is 0. The van der Waals surface area contributed by atoms with Crippen LogP contribution in [0.5, 0.6) is 0 Å². The SMILES string of the molecule is Cc1cc(B(O)O)c(C)s1. The van der Waals surface area contributed by atoms with Crippen molar-refractivity contribution >= 4 is 23.9 Å². The molecule has 0 fully saturated rings. The fourth-order valence-corrected chi connectivity index (χ4v) is 1.86. The molecule has 0 amide bonds. The Labute approximate surface area is 64.3 Å². The molecule has 0 atom stereocenters. The van der Waals surface area contributed by atoms with Gasteiger partial charge in [0.1, 0.15) is 0 Å². The van der Waals surface area contributed by atoms with Gasteiger partial charge in [0.25, 0.3) is 0 Å². The molecule has 10 heavy (non-hydrogen) atoms. The molecule has 1 heterocycles. The highest BCUT2D eigenvalue weighted by Gasteiger charge is 2.15. The fourth-order valence-electron chi connectivity index (χ4n) is 0.907. The van der Waals surface area contributed by atoms with Crippen LogP contribution in [0.3, 0.4) is 0 Å². The Balaban J connectivity index is 3.03. The summed E-state index contributed by atoms with van der Waals surface area (Å²) in [6, 6.07) is 1.80. The summed E-state index contributed by atoms with van der Waals surface area (Å²) in [7, 11) is -1.31. The third-order valence-corrected chi connectivity index (χ3v) is 2.34. The van der Waals surface area contributed by atoms with Gasteiger partial charge in [-0.15, -0.1) is 11.3 Å². The Morgan fingerprint density at radius 3 is 2.20 bits per heavy atom. The number of rotatable bonds is 1. The summed E-state index contributed by atoms with van der Waals surface area (Å²) in [5, 5.41) is 17.6. The van der Waals surface area contributed by atoms with Crippen molar-refractivity contribution in [2.75, 3.05) is 0 Å². The first kappa shape index (κ1) is 7.79. The smallest absolute Gasteiger partial charge is 0.423 e. The maximum Gasteiger partial charge on any atom is 0.489 e. The zero-order chi connectivity index (χ0) is 7.72. The van der Waals surface area contributed by atoms with Gasteiger partial charge in [0.05, 0.1) is 0 Å². The minimum absolute atomic E-state index is 0.627. The largest absolute Gasteiger partial charge is 0.489 e. The van der Waals surface area contributed by atoms with Crippen LogP contribution in [0.2, 0.25) is 0 Å². The lowest BCUT2D eigenvalue weighted by molar-refractivity contribution is 0.425. The summed E-state index contributed by atoms with van der Waals surface area (Å²) < 4.78 is 0. The molecular formula is C6H9BO2S. The van der Waals surface area contributed by atoms with Crippen LogP contribution in [0.4, 0.5) is 0 Å². The average Bonchev–Trinajstić information content (AvgIpc) is 2.10. The van der Waals surface area contributed by atoms with Crippen molar-refractivity contribution < 1.29 is 10.0 Å². The molecule has 0 unspecified atom stereocenters. The summed E-state index contributed by atoms with van der Waals surface area (Å²) >= 11 is 1.58. The van der Waals surface area contributed by atoms with E-state index in [1.54, 1.807) is 17.4 Å². The Bertz CT molecular complexity index is 232. The molecule has 1 aromatic heterocycles. The van der Waals surface area contributed by atoms with Gasteiger partial charge in [0.15, 0.2) is 0 Å². The van der Waals surface area contributed by atoms with Crippen LogP contribution < -0.4 is 5.46 Å². The Morgan fingerprint density at radius 1 is 1.40 bits per heavy atom. The molecule has 4 heteroatoms. The van der Waals surface area contributed by atoms with E-state index in [9.17, 15) is 0 Å². The van der Waals surface area contributed by atoms with E-state index in [2.05, 4.69) is 0 Å². The van der Waals surface area contributed by atoms with Crippen LogP contribution in [0, 0.1) is 13.8 Å². The first-order valence-corrected chi connectivity index (χ1v) is 3.86. The van der Waals surface area contributed by atoms with Crippen molar-refractivity contribution in [3.8, 4) is 0 Å². The van der Waals surface area contributed by atoms with E-state index in [1.807, 2.05) is 13.8 Å². The van der Waals surface area contributed by atoms with Gasteiger partial charge in [0, 0.05) is 9.75 Å². The van der Waals surface area contributed by atoms with E-state index >= 15 is 0 Å². The maximum atomic E-state index is 8.78. The van der Waals surface area contributed by atoms with Gasteiger partial charge >= 0.3 is 7.12 Å². The fraction of sp³-hybridized carbons (Fsp3) is 0.333. The van der Waals surface area contributed by atoms with E-state index in [0.717, 1.165) is 9.75 Å². The second-order valence-electron chi connectivity index (χ2n) is 2.24. The van der Waals surface area contributed by atoms with Gasteiger partial charge in [-0.05, 0) is 25.4 Å². The molecule has 54 valence electrons. The van der Waals surface area contributed by atoms with E-state index in [4.69, 9.17) is 10.0 Å². The lowest BCUT2D eigenvalue weighted by Crippen LogP contribution is -2.30. The molecule has 2 N–H and O–H groups in total. The predicted molar refractivity (Wildman–Crippen MR) is 43.6 cm³/mol. The monoisotopic (exact) mass is 156 g/mol.